The summed E-state index contributed by atoms with van der Waals surface area (Å²) in [5, 5.41) is 10.6. The lowest BCUT2D eigenvalue weighted by atomic mass is 10.1. The van der Waals surface area contributed by atoms with E-state index in [1.165, 1.54) is 11.3 Å². The molecular formula is C15H16N6. The number of fused-ring (bicyclic) bond motifs is 2. The van der Waals surface area contributed by atoms with Crippen LogP contribution in [0.2, 0.25) is 0 Å². The Morgan fingerprint density at radius 2 is 2.10 bits per heavy atom. The molecule has 1 aliphatic heterocycles. The van der Waals surface area contributed by atoms with Crippen LogP contribution in [0.1, 0.15) is 30.1 Å². The summed E-state index contributed by atoms with van der Waals surface area (Å²) < 4.78 is 0. The summed E-state index contributed by atoms with van der Waals surface area (Å²) in [5.41, 5.74) is 10.9. The van der Waals surface area contributed by atoms with Crippen LogP contribution in [0.15, 0.2) is 30.5 Å². The third kappa shape index (κ3) is 2.08. The first-order chi connectivity index (χ1) is 10.3. The van der Waals surface area contributed by atoms with Gasteiger partial charge in [0, 0.05) is 5.69 Å². The van der Waals surface area contributed by atoms with E-state index in [-0.39, 0.29) is 6.04 Å². The minimum atomic E-state index is 0.113. The number of hydrogen-bond acceptors (Lipinski definition) is 5. The molecule has 21 heavy (non-hydrogen) atoms. The molecule has 1 aliphatic rings. The van der Waals surface area contributed by atoms with E-state index in [4.69, 9.17) is 5.73 Å². The minimum Gasteiger partial charge on any atom is -0.376 e. The van der Waals surface area contributed by atoms with Crippen molar-refractivity contribution in [3.8, 4) is 0 Å². The summed E-state index contributed by atoms with van der Waals surface area (Å²) >= 11 is 0. The quantitative estimate of drug-likeness (QED) is 0.636. The van der Waals surface area contributed by atoms with Crippen molar-refractivity contribution in [2.75, 3.05) is 11.1 Å². The summed E-state index contributed by atoms with van der Waals surface area (Å²) in [5.74, 6) is 0.290. The van der Waals surface area contributed by atoms with Gasteiger partial charge in [-0.2, -0.15) is 5.10 Å². The molecular weight excluding hydrogens is 264 g/mol. The zero-order valence-corrected chi connectivity index (χ0v) is 11.5. The number of nitrogens with zero attached hydrogens (tertiary/aromatic N) is 3. The molecule has 0 fully saturated rings. The molecule has 2 aromatic heterocycles. The Kier molecular flexibility index (Phi) is 2.73. The summed E-state index contributed by atoms with van der Waals surface area (Å²) in [6, 6.07) is 8.53. The van der Waals surface area contributed by atoms with Crippen LogP contribution < -0.4 is 11.1 Å². The first-order valence-corrected chi connectivity index (χ1v) is 7.12. The first-order valence-electron chi connectivity index (χ1n) is 7.12. The Morgan fingerprint density at radius 3 is 3.05 bits per heavy atom. The smallest absolute Gasteiger partial charge is 0.221 e. The van der Waals surface area contributed by atoms with Crippen molar-refractivity contribution in [1.82, 2.24) is 20.2 Å². The molecule has 0 bridgehead atoms. The molecule has 0 saturated carbocycles. The van der Waals surface area contributed by atoms with Crippen molar-refractivity contribution in [3.05, 3.63) is 41.7 Å². The number of nitrogens with one attached hydrogen (secondary N) is 2. The van der Waals surface area contributed by atoms with Crippen molar-refractivity contribution in [3.63, 3.8) is 0 Å². The average molecular weight is 280 g/mol. The highest BCUT2D eigenvalue weighted by molar-refractivity contribution is 5.78. The van der Waals surface area contributed by atoms with Gasteiger partial charge < -0.3 is 11.1 Å². The van der Waals surface area contributed by atoms with Crippen LogP contribution in [-0.4, -0.2) is 20.2 Å². The first kappa shape index (κ1) is 12.1. The van der Waals surface area contributed by atoms with Crippen molar-refractivity contribution in [2.45, 2.75) is 25.3 Å². The number of H-pyrrole nitrogens is 1. The Bertz CT molecular complexity index is 794. The van der Waals surface area contributed by atoms with Gasteiger partial charge in [0.1, 0.15) is 11.0 Å². The number of hydrogen-bond donors (Lipinski definition) is 3. The van der Waals surface area contributed by atoms with Gasteiger partial charge in [-0.25, -0.2) is 9.97 Å². The zero-order chi connectivity index (χ0) is 14.2. The minimum absolute atomic E-state index is 0.113. The van der Waals surface area contributed by atoms with Gasteiger partial charge in [0.2, 0.25) is 5.95 Å². The third-order valence-corrected chi connectivity index (χ3v) is 3.96. The number of rotatable bonds is 1. The van der Waals surface area contributed by atoms with Crippen LogP contribution in [-0.2, 0) is 6.42 Å². The molecule has 106 valence electrons. The van der Waals surface area contributed by atoms with Gasteiger partial charge in [-0.1, -0.05) is 18.2 Å². The van der Waals surface area contributed by atoms with Gasteiger partial charge >= 0.3 is 0 Å². The second-order valence-corrected chi connectivity index (χ2v) is 5.34. The Labute approximate surface area is 121 Å². The molecule has 1 aromatic carbocycles. The Balaban J connectivity index is 1.80. The van der Waals surface area contributed by atoms with E-state index in [1.807, 2.05) is 6.07 Å². The van der Waals surface area contributed by atoms with Gasteiger partial charge in [0.25, 0.3) is 0 Å². The fraction of sp³-hybridized carbons (Fsp3) is 0.267. The fourth-order valence-electron chi connectivity index (χ4n) is 2.97. The molecule has 6 nitrogen and oxygen atoms in total. The second kappa shape index (κ2) is 4.73. The van der Waals surface area contributed by atoms with Crippen LogP contribution in [0, 0.1) is 0 Å². The molecule has 1 atom stereocenters. The van der Waals surface area contributed by atoms with E-state index < -0.39 is 0 Å². The topological polar surface area (TPSA) is 92.5 Å². The monoisotopic (exact) mass is 280 g/mol. The maximum absolute atomic E-state index is 5.83. The molecule has 3 heterocycles. The largest absolute Gasteiger partial charge is 0.376 e. The standard InChI is InChI=1S/C15H16N6/c16-15-19-12-8-17-21-14(12)13(20-15)11-7-3-5-9-4-1-2-6-10(9)18-11/h1-2,4,6,8,11,18H,3,5,7H2,(H,17,21)(H2,16,19,20). The van der Waals surface area contributed by atoms with Crippen LogP contribution in [0.4, 0.5) is 11.6 Å². The van der Waals surface area contributed by atoms with Gasteiger partial charge in [0.15, 0.2) is 0 Å². The Hall–Kier alpha value is -2.63. The van der Waals surface area contributed by atoms with Crippen LogP contribution in [0.3, 0.4) is 0 Å². The van der Waals surface area contributed by atoms with E-state index in [0.717, 1.165) is 36.0 Å². The Morgan fingerprint density at radius 1 is 1.19 bits per heavy atom. The van der Waals surface area contributed by atoms with E-state index >= 15 is 0 Å². The number of aromatic amines is 1. The lowest BCUT2D eigenvalue weighted by Crippen LogP contribution is -2.13. The lowest BCUT2D eigenvalue weighted by molar-refractivity contribution is 0.651. The zero-order valence-electron chi connectivity index (χ0n) is 11.5. The van der Waals surface area contributed by atoms with Crippen LogP contribution >= 0.6 is 0 Å². The molecule has 0 aliphatic carbocycles. The third-order valence-electron chi connectivity index (χ3n) is 3.96. The molecule has 6 heteroatoms. The van der Waals surface area contributed by atoms with E-state index in [1.54, 1.807) is 6.20 Å². The van der Waals surface area contributed by atoms with Crippen LogP contribution in [0.5, 0.6) is 0 Å². The lowest BCUT2D eigenvalue weighted by Gasteiger charge is -2.18. The summed E-state index contributed by atoms with van der Waals surface area (Å²) in [7, 11) is 0. The number of para-hydroxylation sites is 1. The number of nitrogen functional groups attached to an aromatic ring is 1. The van der Waals surface area contributed by atoms with Gasteiger partial charge in [-0.3, -0.25) is 5.10 Å². The second-order valence-electron chi connectivity index (χ2n) is 5.34. The molecule has 0 saturated heterocycles. The van der Waals surface area contributed by atoms with Crippen molar-refractivity contribution >= 4 is 22.7 Å². The van der Waals surface area contributed by atoms with Gasteiger partial charge in [0.05, 0.1) is 17.9 Å². The molecule has 4 rings (SSSR count). The summed E-state index contributed by atoms with van der Waals surface area (Å²) in [6.45, 7) is 0. The van der Waals surface area contributed by atoms with Crippen molar-refractivity contribution in [1.29, 1.82) is 0 Å². The highest BCUT2D eigenvalue weighted by Gasteiger charge is 2.22. The number of nitrogens with two attached hydrogens (primary N) is 1. The number of anilines is 2. The maximum atomic E-state index is 5.83. The molecule has 3 aromatic rings. The number of benzene rings is 1. The number of aromatic nitrogens is 4. The summed E-state index contributed by atoms with van der Waals surface area (Å²) in [6.07, 6.45) is 4.86. The molecule has 0 amide bonds. The number of aryl methyl sites for hydroxylation is 1. The molecule has 1 unspecified atom stereocenters. The van der Waals surface area contributed by atoms with Gasteiger partial charge in [-0.15, -0.1) is 0 Å². The van der Waals surface area contributed by atoms with Crippen molar-refractivity contribution in [2.24, 2.45) is 0 Å². The van der Waals surface area contributed by atoms with Gasteiger partial charge in [-0.05, 0) is 30.9 Å². The highest BCUT2D eigenvalue weighted by Crippen LogP contribution is 2.32. The predicted octanol–water partition coefficient (Wildman–Crippen LogP) is 2.42. The maximum Gasteiger partial charge on any atom is 0.221 e. The molecule has 0 spiro atoms. The normalized spacial score (nSPS) is 18.0. The SMILES string of the molecule is Nc1nc(C2CCCc3ccccc3N2)c2[nH]ncc2n1. The molecule has 0 radical (unpaired) electrons. The van der Waals surface area contributed by atoms with E-state index in [0.29, 0.717) is 5.95 Å². The summed E-state index contributed by atoms with van der Waals surface area (Å²) in [4.78, 5) is 8.65. The predicted molar refractivity (Wildman–Crippen MR) is 81.8 cm³/mol. The van der Waals surface area contributed by atoms with E-state index in [9.17, 15) is 0 Å². The van der Waals surface area contributed by atoms with Crippen molar-refractivity contribution < 1.29 is 0 Å². The average Bonchev–Trinajstić information content (AvgIpc) is 2.84. The molecule has 4 N–H and O–H groups in total. The van der Waals surface area contributed by atoms with Crippen LogP contribution in [0.25, 0.3) is 11.0 Å². The highest BCUT2D eigenvalue weighted by atomic mass is 15.1. The fourth-order valence-corrected chi connectivity index (χ4v) is 2.97. The van der Waals surface area contributed by atoms with E-state index in [2.05, 4.69) is 43.7 Å².